The van der Waals surface area contributed by atoms with Gasteiger partial charge in [-0.15, -0.1) is 0 Å². The van der Waals surface area contributed by atoms with Gasteiger partial charge in [-0.25, -0.2) is 0 Å². The van der Waals surface area contributed by atoms with Gasteiger partial charge in [0.25, 0.3) is 0 Å². The average Bonchev–Trinajstić information content (AvgIpc) is 2.25. The molecule has 0 radical (unpaired) electrons. The number of benzene rings is 1. The van der Waals surface area contributed by atoms with Gasteiger partial charge in [0, 0.05) is 11.4 Å². The summed E-state index contributed by atoms with van der Waals surface area (Å²) >= 11 is 3.58. The van der Waals surface area contributed by atoms with E-state index in [2.05, 4.69) is 41.9 Å². The Kier molecular flexibility index (Phi) is 5.96. The van der Waals surface area contributed by atoms with Crippen LogP contribution in [0.1, 0.15) is 25.8 Å². The second-order valence-electron chi connectivity index (χ2n) is 3.98. The third kappa shape index (κ3) is 5.33. The van der Waals surface area contributed by atoms with Crippen molar-refractivity contribution in [1.29, 1.82) is 0 Å². The maximum Gasteiger partial charge on any atom is 0.0716 e. The highest BCUT2D eigenvalue weighted by Crippen LogP contribution is 2.15. The van der Waals surface area contributed by atoms with E-state index >= 15 is 0 Å². The number of ether oxygens (including phenoxy) is 1. The van der Waals surface area contributed by atoms with Gasteiger partial charge in [-0.05, 0) is 17.9 Å². The third-order valence-corrected chi connectivity index (χ3v) is 3.52. The van der Waals surface area contributed by atoms with Crippen LogP contribution in [0.4, 0.5) is 0 Å². The second kappa shape index (κ2) is 7.02. The lowest BCUT2D eigenvalue weighted by Crippen LogP contribution is -2.09. The molecule has 0 amide bonds. The molecule has 1 nitrogen and oxygen atoms in total. The summed E-state index contributed by atoms with van der Waals surface area (Å²) in [5, 5.41) is 0. The minimum atomic E-state index is 0.567. The van der Waals surface area contributed by atoms with Crippen molar-refractivity contribution in [2.75, 3.05) is 6.61 Å². The van der Waals surface area contributed by atoms with Gasteiger partial charge in [-0.2, -0.15) is 0 Å². The van der Waals surface area contributed by atoms with Gasteiger partial charge in [-0.1, -0.05) is 60.1 Å². The Balaban J connectivity index is 2.12. The molecule has 0 fully saturated rings. The fraction of sp³-hybridized carbons (Fsp3) is 0.538. The van der Waals surface area contributed by atoms with E-state index in [0.717, 1.165) is 19.6 Å². The lowest BCUT2D eigenvalue weighted by molar-refractivity contribution is 0.109. The zero-order valence-corrected chi connectivity index (χ0v) is 11.0. The van der Waals surface area contributed by atoms with Gasteiger partial charge < -0.3 is 4.74 Å². The van der Waals surface area contributed by atoms with Crippen LogP contribution in [0.5, 0.6) is 0 Å². The Morgan fingerprint density at radius 3 is 2.47 bits per heavy atom. The molecular formula is C13H19BrO. The molecule has 0 aliphatic carbocycles. The lowest BCUT2D eigenvalue weighted by Gasteiger charge is -2.13. The molecule has 0 spiro atoms. The van der Waals surface area contributed by atoms with E-state index in [1.165, 1.54) is 5.56 Å². The highest BCUT2D eigenvalue weighted by molar-refractivity contribution is 9.09. The van der Waals surface area contributed by atoms with E-state index in [1.807, 2.05) is 18.2 Å². The van der Waals surface area contributed by atoms with Crippen molar-refractivity contribution >= 4 is 15.9 Å². The zero-order chi connectivity index (χ0) is 11.1. The van der Waals surface area contributed by atoms with Gasteiger partial charge in [-0.3, -0.25) is 0 Å². The van der Waals surface area contributed by atoms with E-state index in [-0.39, 0.29) is 0 Å². The molecule has 1 aromatic carbocycles. The Morgan fingerprint density at radius 1 is 1.20 bits per heavy atom. The molecule has 0 N–H and O–H groups in total. The third-order valence-electron chi connectivity index (χ3n) is 2.61. The number of hydrogen-bond donors (Lipinski definition) is 0. The summed E-state index contributed by atoms with van der Waals surface area (Å²) in [5.74, 6) is 0.667. The number of halogens is 1. The van der Waals surface area contributed by atoms with Crippen molar-refractivity contribution < 1.29 is 4.74 Å². The first-order valence-corrected chi connectivity index (χ1v) is 6.37. The molecule has 1 aromatic rings. The number of hydrogen-bond acceptors (Lipinski definition) is 1. The van der Waals surface area contributed by atoms with Crippen LogP contribution in [-0.2, 0) is 11.3 Å². The Labute approximate surface area is 101 Å². The van der Waals surface area contributed by atoms with Crippen molar-refractivity contribution in [1.82, 2.24) is 0 Å². The van der Waals surface area contributed by atoms with E-state index in [1.54, 1.807) is 0 Å². The van der Waals surface area contributed by atoms with E-state index in [4.69, 9.17) is 4.74 Å². The van der Waals surface area contributed by atoms with Crippen molar-refractivity contribution in [3.63, 3.8) is 0 Å². The van der Waals surface area contributed by atoms with Gasteiger partial charge in [0.15, 0.2) is 0 Å². The molecule has 0 aliphatic heterocycles. The largest absolute Gasteiger partial charge is 0.377 e. The average molecular weight is 271 g/mol. The molecule has 0 saturated heterocycles. The van der Waals surface area contributed by atoms with Crippen LogP contribution in [0.2, 0.25) is 0 Å². The summed E-state index contributed by atoms with van der Waals surface area (Å²) in [5.41, 5.74) is 1.25. The van der Waals surface area contributed by atoms with E-state index in [9.17, 15) is 0 Å². The minimum absolute atomic E-state index is 0.567. The van der Waals surface area contributed by atoms with Crippen LogP contribution in [0.25, 0.3) is 0 Å². The lowest BCUT2D eigenvalue weighted by atomic mass is 10.1. The maximum absolute atomic E-state index is 5.62. The van der Waals surface area contributed by atoms with Crippen LogP contribution in [0.15, 0.2) is 30.3 Å². The summed E-state index contributed by atoms with van der Waals surface area (Å²) in [4.78, 5) is 0.567. The fourth-order valence-electron chi connectivity index (χ4n) is 1.26. The van der Waals surface area contributed by atoms with Gasteiger partial charge in [0.05, 0.1) is 6.61 Å². The number of alkyl halides is 1. The van der Waals surface area contributed by atoms with Crippen molar-refractivity contribution in [2.24, 2.45) is 5.92 Å². The topological polar surface area (TPSA) is 9.23 Å². The molecule has 15 heavy (non-hydrogen) atoms. The zero-order valence-electron chi connectivity index (χ0n) is 9.45. The van der Waals surface area contributed by atoms with Crippen LogP contribution < -0.4 is 0 Å². The first kappa shape index (κ1) is 12.7. The molecule has 0 aromatic heterocycles. The molecule has 0 bridgehead atoms. The van der Waals surface area contributed by atoms with Crippen molar-refractivity contribution in [3.05, 3.63) is 35.9 Å². The van der Waals surface area contributed by atoms with E-state index in [0.29, 0.717) is 10.7 Å². The molecule has 0 aliphatic rings. The fourth-order valence-corrected chi connectivity index (χ4v) is 1.53. The summed E-state index contributed by atoms with van der Waals surface area (Å²) < 4.78 is 5.62. The number of rotatable bonds is 6. The second-order valence-corrected chi connectivity index (χ2v) is 5.43. The van der Waals surface area contributed by atoms with Crippen molar-refractivity contribution in [3.8, 4) is 0 Å². The molecule has 2 atom stereocenters. The standard InChI is InChI=1S/C13H19BrO/c1-11(12(2)14)8-9-15-10-13-6-4-3-5-7-13/h3-7,11-12H,8-10H2,1-2H3. The van der Waals surface area contributed by atoms with Crippen LogP contribution >= 0.6 is 15.9 Å². The van der Waals surface area contributed by atoms with Gasteiger partial charge in [0.2, 0.25) is 0 Å². The van der Waals surface area contributed by atoms with Crippen LogP contribution in [-0.4, -0.2) is 11.4 Å². The van der Waals surface area contributed by atoms with Gasteiger partial charge in [0.1, 0.15) is 0 Å². The summed E-state index contributed by atoms with van der Waals surface area (Å²) in [6.07, 6.45) is 1.11. The normalized spacial score (nSPS) is 14.9. The first-order chi connectivity index (χ1) is 7.20. The molecule has 1 rings (SSSR count). The highest BCUT2D eigenvalue weighted by Gasteiger charge is 2.07. The van der Waals surface area contributed by atoms with E-state index < -0.39 is 0 Å². The summed E-state index contributed by atoms with van der Waals surface area (Å²) in [6.45, 7) is 5.99. The molecule has 2 heteroatoms. The smallest absolute Gasteiger partial charge is 0.0716 e. The Morgan fingerprint density at radius 2 is 1.87 bits per heavy atom. The SMILES string of the molecule is CC(Br)C(C)CCOCc1ccccc1. The first-order valence-electron chi connectivity index (χ1n) is 5.46. The predicted octanol–water partition coefficient (Wildman–Crippen LogP) is 4.01. The van der Waals surface area contributed by atoms with Crippen LogP contribution in [0.3, 0.4) is 0 Å². The quantitative estimate of drug-likeness (QED) is 0.561. The summed E-state index contributed by atoms with van der Waals surface area (Å²) in [7, 11) is 0. The van der Waals surface area contributed by atoms with Gasteiger partial charge >= 0.3 is 0 Å². The molecule has 84 valence electrons. The predicted molar refractivity (Wildman–Crippen MR) is 68.3 cm³/mol. The Hall–Kier alpha value is -0.340. The Bertz CT molecular complexity index is 258. The van der Waals surface area contributed by atoms with Crippen LogP contribution in [0, 0.1) is 5.92 Å². The molecule has 2 unspecified atom stereocenters. The molecule has 0 saturated carbocycles. The highest BCUT2D eigenvalue weighted by atomic mass is 79.9. The molecular weight excluding hydrogens is 252 g/mol. The van der Waals surface area contributed by atoms with Crippen molar-refractivity contribution in [2.45, 2.75) is 31.7 Å². The minimum Gasteiger partial charge on any atom is -0.377 e. The maximum atomic E-state index is 5.62. The monoisotopic (exact) mass is 270 g/mol. The summed E-state index contributed by atoms with van der Waals surface area (Å²) in [6, 6.07) is 10.3. The molecule has 0 heterocycles.